The van der Waals surface area contributed by atoms with E-state index < -0.39 is 0 Å². The highest BCUT2D eigenvalue weighted by Gasteiger charge is 2.34. The first-order chi connectivity index (χ1) is 9.28. The van der Waals surface area contributed by atoms with Crippen LogP contribution in [0.3, 0.4) is 0 Å². The highest BCUT2D eigenvalue weighted by molar-refractivity contribution is 9.09. The Morgan fingerprint density at radius 1 is 1.20 bits per heavy atom. The molecule has 118 valence electrons. The summed E-state index contributed by atoms with van der Waals surface area (Å²) in [5, 5.41) is 0.986. The van der Waals surface area contributed by atoms with E-state index in [1.165, 1.54) is 0 Å². The van der Waals surface area contributed by atoms with Crippen LogP contribution in [0.15, 0.2) is 0 Å². The van der Waals surface area contributed by atoms with E-state index in [9.17, 15) is 4.79 Å². The lowest BCUT2D eigenvalue weighted by Crippen LogP contribution is -2.41. The third-order valence-corrected chi connectivity index (χ3v) is 6.53. The van der Waals surface area contributed by atoms with Gasteiger partial charge in [-0.1, -0.05) is 50.5 Å². The Kier molecular flexibility index (Phi) is 6.56. The summed E-state index contributed by atoms with van der Waals surface area (Å²) >= 11 is 3.67. The van der Waals surface area contributed by atoms with E-state index in [-0.39, 0.29) is 5.41 Å². The van der Waals surface area contributed by atoms with Crippen LogP contribution < -0.4 is 0 Å². The molecule has 1 aliphatic rings. The molecular formula is C17H32BrNO. The predicted molar refractivity (Wildman–Crippen MR) is 90.2 cm³/mol. The molecule has 1 fully saturated rings. The van der Waals surface area contributed by atoms with Gasteiger partial charge < -0.3 is 4.90 Å². The van der Waals surface area contributed by atoms with Crippen molar-refractivity contribution in [2.45, 2.75) is 66.7 Å². The van der Waals surface area contributed by atoms with Gasteiger partial charge in [0, 0.05) is 24.8 Å². The van der Waals surface area contributed by atoms with Crippen molar-refractivity contribution >= 4 is 21.8 Å². The molecule has 3 heteroatoms. The SMILES string of the molecule is CCC(CC)(CBr)CN1CCC(C(C)(C)C)CCC1=O. The molecule has 0 aliphatic carbocycles. The Labute approximate surface area is 133 Å². The van der Waals surface area contributed by atoms with E-state index in [1.807, 2.05) is 0 Å². The van der Waals surface area contributed by atoms with Gasteiger partial charge in [-0.25, -0.2) is 0 Å². The average Bonchev–Trinajstić information content (AvgIpc) is 2.58. The van der Waals surface area contributed by atoms with Crippen LogP contribution in [0, 0.1) is 16.7 Å². The van der Waals surface area contributed by atoms with E-state index in [2.05, 4.69) is 55.4 Å². The molecule has 0 aromatic rings. The first-order valence-corrected chi connectivity index (χ1v) is 9.24. The summed E-state index contributed by atoms with van der Waals surface area (Å²) in [6.45, 7) is 13.3. The summed E-state index contributed by atoms with van der Waals surface area (Å²) < 4.78 is 0. The Morgan fingerprint density at radius 3 is 2.25 bits per heavy atom. The van der Waals surface area contributed by atoms with Crippen LogP contribution in [0.2, 0.25) is 0 Å². The van der Waals surface area contributed by atoms with Crippen molar-refractivity contribution in [3.8, 4) is 0 Å². The number of rotatable bonds is 5. The van der Waals surface area contributed by atoms with Crippen molar-refractivity contribution < 1.29 is 4.79 Å². The Bertz CT molecular complexity index is 309. The average molecular weight is 346 g/mol. The Morgan fingerprint density at radius 2 is 1.80 bits per heavy atom. The second-order valence-corrected chi connectivity index (χ2v) is 8.11. The molecule has 0 N–H and O–H groups in total. The highest BCUT2D eigenvalue weighted by atomic mass is 79.9. The molecule has 1 aliphatic heterocycles. The second-order valence-electron chi connectivity index (χ2n) is 7.55. The number of hydrogen-bond donors (Lipinski definition) is 0. The lowest BCUT2D eigenvalue weighted by atomic mass is 9.76. The van der Waals surface area contributed by atoms with Crippen LogP contribution in [0.1, 0.15) is 66.7 Å². The minimum absolute atomic E-state index is 0.247. The monoisotopic (exact) mass is 345 g/mol. The van der Waals surface area contributed by atoms with Gasteiger partial charge in [-0.05, 0) is 42.4 Å². The molecule has 0 aromatic carbocycles. The fraction of sp³-hybridized carbons (Fsp3) is 0.941. The van der Waals surface area contributed by atoms with Crippen LogP contribution in [0.5, 0.6) is 0 Å². The number of carbonyl (C=O) groups is 1. The normalized spacial score (nSPS) is 22.0. The molecule has 1 heterocycles. The van der Waals surface area contributed by atoms with E-state index in [1.54, 1.807) is 0 Å². The summed E-state index contributed by atoms with van der Waals surface area (Å²) in [7, 11) is 0. The number of carbonyl (C=O) groups excluding carboxylic acids is 1. The van der Waals surface area contributed by atoms with Crippen molar-refractivity contribution in [1.82, 2.24) is 4.90 Å². The van der Waals surface area contributed by atoms with Crippen LogP contribution in [0.25, 0.3) is 0 Å². The number of nitrogens with zero attached hydrogens (tertiary/aromatic N) is 1. The second kappa shape index (κ2) is 7.29. The predicted octanol–water partition coefficient (Wildman–Crippen LogP) is 4.86. The van der Waals surface area contributed by atoms with Crippen molar-refractivity contribution in [2.24, 2.45) is 16.7 Å². The smallest absolute Gasteiger partial charge is 0.222 e. The van der Waals surface area contributed by atoms with Gasteiger partial charge in [0.1, 0.15) is 0 Å². The van der Waals surface area contributed by atoms with Gasteiger partial charge in [0.15, 0.2) is 0 Å². The zero-order chi connectivity index (χ0) is 15.4. The molecule has 1 atom stereocenters. The molecule has 1 amide bonds. The first-order valence-electron chi connectivity index (χ1n) is 8.11. The number of likely N-dealkylation sites (tertiary alicyclic amines) is 1. The largest absolute Gasteiger partial charge is 0.342 e. The van der Waals surface area contributed by atoms with E-state index in [4.69, 9.17) is 0 Å². The zero-order valence-corrected chi connectivity index (χ0v) is 15.6. The minimum atomic E-state index is 0.247. The van der Waals surface area contributed by atoms with Gasteiger partial charge in [0.2, 0.25) is 5.91 Å². The molecule has 20 heavy (non-hydrogen) atoms. The van der Waals surface area contributed by atoms with Crippen molar-refractivity contribution in [1.29, 1.82) is 0 Å². The maximum absolute atomic E-state index is 12.4. The fourth-order valence-corrected chi connectivity index (χ4v) is 4.15. The van der Waals surface area contributed by atoms with E-state index in [0.29, 0.717) is 17.2 Å². The molecule has 0 aromatic heterocycles. The van der Waals surface area contributed by atoms with Gasteiger partial charge >= 0.3 is 0 Å². The standard InChI is InChI=1S/C17H32BrNO/c1-6-17(7-2,12-18)13-19-11-10-14(16(3,4)5)8-9-15(19)20/h14H,6-13H2,1-5H3. The van der Waals surface area contributed by atoms with Crippen LogP contribution in [0.4, 0.5) is 0 Å². The first kappa shape index (κ1) is 18.0. The molecule has 1 rings (SSSR count). The highest BCUT2D eigenvalue weighted by Crippen LogP contribution is 2.36. The van der Waals surface area contributed by atoms with Crippen molar-refractivity contribution in [2.75, 3.05) is 18.4 Å². The maximum atomic E-state index is 12.4. The van der Waals surface area contributed by atoms with E-state index >= 15 is 0 Å². The van der Waals surface area contributed by atoms with Crippen molar-refractivity contribution in [3.05, 3.63) is 0 Å². The molecule has 2 nitrogen and oxygen atoms in total. The number of halogens is 1. The number of hydrogen-bond acceptors (Lipinski definition) is 1. The Hall–Kier alpha value is -0.0500. The number of alkyl halides is 1. The van der Waals surface area contributed by atoms with Gasteiger partial charge in [0.05, 0.1) is 0 Å². The summed E-state index contributed by atoms with van der Waals surface area (Å²) in [6, 6.07) is 0. The molecule has 1 unspecified atom stereocenters. The minimum Gasteiger partial charge on any atom is -0.342 e. The van der Waals surface area contributed by atoms with Gasteiger partial charge in [-0.2, -0.15) is 0 Å². The molecule has 0 spiro atoms. The van der Waals surface area contributed by atoms with E-state index in [0.717, 1.165) is 50.5 Å². The summed E-state index contributed by atoms with van der Waals surface area (Å²) in [5.74, 6) is 1.03. The fourth-order valence-electron chi connectivity index (χ4n) is 3.18. The third kappa shape index (κ3) is 4.47. The van der Waals surface area contributed by atoms with Gasteiger partial charge in [0.25, 0.3) is 0 Å². The summed E-state index contributed by atoms with van der Waals surface area (Å²) in [5.41, 5.74) is 0.565. The zero-order valence-electron chi connectivity index (χ0n) is 14.0. The molecular weight excluding hydrogens is 314 g/mol. The quantitative estimate of drug-likeness (QED) is 0.651. The van der Waals surface area contributed by atoms with Crippen LogP contribution >= 0.6 is 15.9 Å². The maximum Gasteiger partial charge on any atom is 0.222 e. The molecule has 0 radical (unpaired) electrons. The lowest BCUT2D eigenvalue weighted by Gasteiger charge is -2.36. The summed E-state index contributed by atoms with van der Waals surface area (Å²) in [4.78, 5) is 14.6. The summed E-state index contributed by atoms with van der Waals surface area (Å²) in [6.07, 6.45) is 5.19. The van der Waals surface area contributed by atoms with Crippen LogP contribution in [-0.2, 0) is 4.79 Å². The molecule has 0 saturated carbocycles. The molecule has 0 bridgehead atoms. The third-order valence-electron chi connectivity index (χ3n) is 5.34. The van der Waals surface area contributed by atoms with Gasteiger partial charge in [-0.3, -0.25) is 4.79 Å². The lowest BCUT2D eigenvalue weighted by molar-refractivity contribution is -0.132. The van der Waals surface area contributed by atoms with Gasteiger partial charge in [-0.15, -0.1) is 0 Å². The number of amides is 1. The topological polar surface area (TPSA) is 20.3 Å². The van der Waals surface area contributed by atoms with Crippen LogP contribution in [-0.4, -0.2) is 29.2 Å². The molecule has 1 saturated heterocycles. The van der Waals surface area contributed by atoms with Crippen molar-refractivity contribution in [3.63, 3.8) is 0 Å². The Balaban J connectivity index is 2.74.